The zero-order valence-electron chi connectivity index (χ0n) is 9.18. The van der Waals surface area contributed by atoms with Crippen LogP contribution in [0.5, 0.6) is 5.75 Å². The Kier molecular flexibility index (Phi) is 3.36. The molecule has 0 amide bonds. The molecule has 84 valence electrons. The van der Waals surface area contributed by atoms with Crippen LogP contribution < -0.4 is 10.1 Å². The van der Waals surface area contributed by atoms with Gasteiger partial charge in [0, 0.05) is 11.5 Å². The predicted octanol–water partition coefficient (Wildman–Crippen LogP) is 2.72. The smallest absolute Gasteiger partial charge is 0.202 e. The fourth-order valence-corrected chi connectivity index (χ4v) is 1.92. The number of methoxy groups -OCH3 is 1. The molecule has 0 aliphatic carbocycles. The third-order valence-electron chi connectivity index (χ3n) is 2.32. The number of ether oxygens (including phenoxy) is 1. The van der Waals surface area contributed by atoms with Gasteiger partial charge in [0.2, 0.25) is 5.13 Å². The molecule has 0 aliphatic heterocycles. The zero-order valence-corrected chi connectivity index (χ0v) is 9.99. The lowest BCUT2D eigenvalue weighted by Crippen LogP contribution is -2.05. The van der Waals surface area contributed by atoms with Gasteiger partial charge in [0.15, 0.2) is 0 Å². The van der Waals surface area contributed by atoms with Crippen LogP contribution in [-0.2, 0) is 0 Å². The number of nitrogens with zero attached hydrogens (tertiary/aromatic N) is 2. The van der Waals surface area contributed by atoms with Gasteiger partial charge in [-0.05, 0) is 24.6 Å². The molecule has 0 aliphatic rings. The monoisotopic (exact) mass is 235 g/mol. The molecule has 4 nitrogen and oxygen atoms in total. The molecule has 0 bridgehead atoms. The van der Waals surface area contributed by atoms with Crippen LogP contribution in [0, 0.1) is 0 Å². The fraction of sp³-hybridized carbons (Fsp3) is 0.273. The van der Waals surface area contributed by atoms with Gasteiger partial charge in [0.1, 0.15) is 12.1 Å². The second-order valence-electron chi connectivity index (χ2n) is 3.39. The Morgan fingerprint density at radius 3 is 2.62 bits per heavy atom. The van der Waals surface area contributed by atoms with Gasteiger partial charge in [-0.3, -0.25) is 0 Å². The van der Waals surface area contributed by atoms with Gasteiger partial charge in [-0.1, -0.05) is 12.1 Å². The summed E-state index contributed by atoms with van der Waals surface area (Å²) < 4.78 is 9.06. The van der Waals surface area contributed by atoms with Crippen molar-refractivity contribution in [2.45, 2.75) is 13.0 Å². The van der Waals surface area contributed by atoms with Crippen LogP contribution >= 0.6 is 11.5 Å². The summed E-state index contributed by atoms with van der Waals surface area (Å²) in [5.74, 6) is 0.867. The van der Waals surface area contributed by atoms with Gasteiger partial charge >= 0.3 is 0 Å². The van der Waals surface area contributed by atoms with E-state index < -0.39 is 0 Å². The topological polar surface area (TPSA) is 47.0 Å². The van der Waals surface area contributed by atoms with Gasteiger partial charge in [0.05, 0.1) is 13.2 Å². The summed E-state index contributed by atoms with van der Waals surface area (Å²) in [7, 11) is 1.66. The first-order chi connectivity index (χ1) is 7.79. The minimum Gasteiger partial charge on any atom is -0.497 e. The summed E-state index contributed by atoms with van der Waals surface area (Å²) in [5, 5.41) is 4.12. The third kappa shape index (κ3) is 2.49. The summed E-state index contributed by atoms with van der Waals surface area (Å²) in [4.78, 5) is 4.09. The molecule has 1 unspecified atom stereocenters. The van der Waals surface area contributed by atoms with Crippen molar-refractivity contribution >= 4 is 16.7 Å². The lowest BCUT2D eigenvalue weighted by Gasteiger charge is -2.13. The fourth-order valence-electron chi connectivity index (χ4n) is 1.40. The predicted molar refractivity (Wildman–Crippen MR) is 64.9 cm³/mol. The van der Waals surface area contributed by atoms with Crippen LogP contribution in [0.3, 0.4) is 0 Å². The summed E-state index contributed by atoms with van der Waals surface area (Å²) in [6.45, 7) is 2.09. The first-order valence-electron chi connectivity index (χ1n) is 4.97. The van der Waals surface area contributed by atoms with E-state index in [2.05, 4.69) is 21.6 Å². The lowest BCUT2D eigenvalue weighted by atomic mass is 10.1. The highest BCUT2D eigenvalue weighted by molar-refractivity contribution is 7.09. The van der Waals surface area contributed by atoms with Crippen molar-refractivity contribution in [3.63, 3.8) is 0 Å². The minimum absolute atomic E-state index is 0.207. The molecule has 0 radical (unpaired) electrons. The highest BCUT2D eigenvalue weighted by Gasteiger charge is 2.06. The SMILES string of the molecule is COc1ccc(C(C)Nc2ncns2)cc1. The maximum absolute atomic E-state index is 5.11. The molecular weight excluding hydrogens is 222 g/mol. The van der Waals surface area contributed by atoms with Crippen molar-refractivity contribution in [1.29, 1.82) is 0 Å². The van der Waals surface area contributed by atoms with Gasteiger partial charge in [-0.25, -0.2) is 4.98 Å². The van der Waals surface area contributed by atoms with E-state index in [0.717, 1.165) is 10.9 Å². The molecule has 0 saturated heterocycles. The molecule has 1 N–H and O–H groups in total. The lowest BCUT2D eigenvalue weighted by molar-refractivity contribution is 0.414. The van der Waals surface area contributed by atoms with Crippen LogP contribution in [0.2, 0.25) is 0 Å². The number of nitrogens with one attached hydrogen (secondary N) is 1. The number of rotatable bonds is 4. The van der Waals surface area contributed by atoms with E-state index in [-0.39, 0.29) is 6.04 Å². The molecule has 2 rings (SSSR count). The highest BCUT2D eigenvalue weighted by atomic mass is 32.1. The second kappa shape index (κ2) is 4.94. The van der Waals surface area contributed by atoms with Crippen molar-refractivity contribution in [2.75, 3.05) is 12.4 Å². The summed E-state index contributed by atoms with van der Waals surface area (Å²) in [6, 6.07) is 8.19. The Balaban J connectivity index is 2.05. The Labute approximate surface area is 98.5 Å². The van der Waals surface area contributed by atoms with E-state index in [1.165, 1.54) is 17.1 Å². The molecule has 16 heavy (non-hydrogen) atoms. The first-order valence-corrected chi connectivity index (χ1v) is 5.74. The standard InChI is InChI=1S/C11H13N3OS/c1-8(14-11-12-7-13-16-11)9-3-5-10(15-2)6-4-9/h3-8H,1-2H3,(H,12,13,14). The van der Waals surface area contributed by atoms with E-state index in [1.807, 2.05) is 24.3 Å². The summed E-state index contributed by atoms with van der Waals surface area (Å²) >= 11 is 1.36. The molecule has 0 spiro atoms. The van der Waals surface area contributed by atoms with Crippen molar-refractivity contribution in [3.8, 4) is 5.75 Å². The third-order valence-corrected chi connectivity index (χ3v) is 2.91. The summed E-state index contributed by atoms with van der Waals surface area (Å²) in [6.07, 6.45) is 1.55. The minimum atomic E-state index is 0.207. The average molecular weight is 235 g/mol. The zero-order chi connectivity index (χ0) is 11.4. The van der Waals surface area contributed by atoms with Crippen LogP contribution in [0.15, 0.2) is 30.6 Å². The van der Waals surface area contributed by atoms with Crippen molar-refractivity contribution in [1.82, 2.24) is 9.36 Å². The average Bonchev–Trinajstić information content (AvgIpc) is 2.82. The normalized spacial score (nSPS) is 12.1. The number of benzene rings is 1. The van der Waals surface area contributed by atoms with Crippen LogP contribution in [0.1, 0.15) is 18.5 Å². The number of hydrogen-bond acceptors (Lipinski definition) is 5. The van der Waals surface area contributed by atoms with Crippen LogP contribution in [0.25, 0.3) is 0 Å². The second-order valence-corrected chi connectivity index (χ2v) is 4.17. The van der Waals surface area contributed by atoms with Crippen LogP contribution in [0.4, 0.5) is 5.13 Å². The molecule has 2 aromatic rings. The first kappa shape index (κ1) is 10.9. The Morgan fingerprint density at radius 2 is 2.06 bits per heavy atom. The van der Waals surface area contributed by atoms with Crippen molar-refractivity contribution < 1.29 is 4.74 Å². The molecule has 1 heterocycles. The number of aromatic nitrogens is 2. The maximum Gasteiger partial charge on any atom is 0.202 e. The number of anilines is 1. The molecule has 1 aromatic carbocycles. The Bertz CT molecular complexity index is 427. The van der Waals surface area contributed by atoms with Crippen LogP contribution in [-0.4, -0.2) is 16.5 Å². The molecule has 5 heteroatoms. The van der Waals surface area contributed by atoms with Crippen molar-refractivity contribution in [3.05, 3.63) is 36.2 Å². The molecular formula is C11H13N3OS. The van der Waals surface area contributed by atoms with E-state index in [4.69, 9.17) is 4.74 Å². The Morgan fingerprint density at radius 1 is 1.31 bits per heavy atom. The highest BCUT2D eigenvalue weighted by Crippen LogP contribution is 2.21. The maximum atomic E-state index is 5.11. The largest absolute Gasteiger partial charge is 0.497 e. The van der Waals surface area contributed by atoms with Gasteiger partial charge in [-0.2, -0.15) is 4.37 Å². The van der Waals surface area contributed by atoms with E-state index in [0.29, 0.717) is 0 Å². The molecule has 1 atom stereocenters. The summed E-state index contributed by atoms with van der Waals surface area (Å²) in [5.41, 5.74) is 1.19. The van der Waals surface area contributed by atoms with Crippen molar-refractivity contribution in [2.24, 2.45) is 0 Å². The van der Waals surface area contributed by atoms with Gasteiger partial charge < -0.3 is 10.1 Å². The Hall–Kier alpha value is -1.62. The molecule has 0 saturated carbocycles. The van der Waals surface area contributed by atoms with E-state index in [9.17, 15) is 0 Å². The molecule has 0 fully saturated rings. The van der Waals surface area contributed by atoms with Gasteiger partial charge in [0.25, 0.3) is 0 Å². The van der Waals surface area contributed by atoms with Gasteiger partial charge in [-0.15, -0.1) is 0 Å². The van der Waals surface area contributed by atoms with E-state index >= 15 is 0 Å². The quantitative estimate of drug-likeness (QED) is 0.885. The molecule has 1 aromatic heterocycles. The number of hydrogen-bond donors (Lipinski definition) is 1. The van der Waals surface area contributed by atoms with E-state index in [1.54, 1.807) is 13.4 Å².